The Kier molecular flexibility index (Phi) is 3.82. The van der Waals surface area contributed by atoms with Gasteiger partial charge in [-0.25, -0.2) is 9.58 Å². The molecule has 2 N–H and O–H groups in total. The number of rotatable bonds is 3. The van der Waals surface area contributed by atoms with Gasteiger partial charge in [0.05, 0.1) is 13.2 Å². The maximum atomic E-state index is 11.0. The topological polar surface area (TPSA) is 166 Å². The molecule has 3 rings (SSSR count). The third-order valence-corrected chi connectivity index (χ3v) is 3.05. The van der Waals surface area contributed by atoms with Gasteiger partial charge in [-0.1, -0.05) is 0 Å². The SMILES string of the molecule is O=[N+]([O-])C(=C1NC(NN2CCOCC2)=Nc2nncn21)[N+](=O)[O-]. The highest BCUT2D eigenvalue weighted by atomic mass is 16.7. The molecule has 14 nitrogen and oxygen atoms in total. The average Bonchev–Trinajstić information content (AvgIpc) is 2.96. The largest absolute Gasteiger partial charge is 0.600 e. The van der Waals surface area contributed by atoms with E-state index >= 15 is 0 Å². The lowest BCUT2D eigenvalue weighted by Crippen LogP contribution is -2.53. The van der Waals surface area contributed by atoms with E-state index in [1.807, 2.05) is 0 Å². The summed E-state index contributed by atoms with van der Waals surface area (Å²) in [5.41, 5.74) is 2.88. The summed E-state index contributed by atoms with van der Waals surface area (Å²) in [5.74, 6) is -1.58. The van der Waals surface area contributed by atoms with Crippen LogP contribution in [0.25, 0.3) is 5.82 Å². The van der Waals surface area contributed by atoms with Gasteiger partial charge in [-0.2, -0.15) is 4.99 Å². The van der Waals surface area contributed by atoms with Crippen LogP contribution in [0.2, 0.25) is 0 Å². The summed E-state index contributed by atoms with van der Waals surface area (Å²) < 4.78 is 6.23. The van der Waals surface area contributed by atoms with Crippen LogP contribution in [0.4, 0.5) is 5.95 Å². The maximum absolute atomic E-state index is 11.0. The molecule has 122 valence electrons. The highest BCUT2D eigenvalue weighted by molar-refractivity contribution is 5.89. The van der Waals surface area contributed by atoms with Crippen molar-refractivity contribution in [1.29, 1.82) is 0 Å². The maximum Gasteiger partial charge on any atom is 0.600 e. The second-order valence-electron chi connectivity index (χ2n) is 4.48. The van der Waals surface area contributed by atoms with E-state index in [0.29, 0.717) is 26.3 Å². The molecule has 2 aliphatic rings. The van der Waals surface area contributed by atoms with Crippen molar-refractivity contribution in [1.82, 2.24) is 30.5 Å². The molecule has 3 heterocycles. The Bertz CT molecular complexity index is 688. The molecule has 14 heteroatoms. The van der Waals surface area contributed by atoms with E-state index in [2.05, 4.69) is 25.9 Å². The zero-order chi connectivity index (χ0) is 16.4. The molecule has 1 saturated heterocycles. The van der Waals surface area contributed by atoms with Crippen LogP contribution in [0.15, 0.2) is 17.1 Å². The van der Waals surface area contributed by atoms with E-state index in [-0.39, 0.29) is 11.9 Å². The summed E-state index contributed by atoms with van der Waals surface area (Å²) in [6.45, 7) is 2.13. The van der Waals surface area contributed by atoms with Gasteiger partial charge >= 0.3 is 5.82 Å². The molecule has 0 spiro atoms. The van der Waals surface area contributed by atoms with Crippen molar-refractivity contribution in [2.75, 3.05) is 26.3 Å². The van der Waals surface area contributed by atoms with Crippen molar-refractivity contribution in [2.24, 2.45) is 4.99 Å². The van der Waals surface area contributed by atoms with Crippen molar-refractivity contribution in [3.8, 4) is 0 Å². The Morgan fingerprint density at radius 3 is 2.65 bits per heavy atom. The van der Waals surface area contributed by atoms with Crippen LogP contribution in [0.3, 0.4) is 0 Å². The van der Waals surface area contributed by atoms with Gasteiger partial charge in [0.1, 0.15) is 16.2 Å². The molecule has 0 aliphatic carbocycles. The third-order valence-electron chi connectivity index (χ3n) is 3.05. The number of nitrogens with one attached hydrogen (secondary N) is 2. The van der Waals surface area contributed by atoms with Crippen LogP contribution in [-0.2, 0) is 4.74 Å². The van der Waals surface area contributed by atoms with Crippen molar-refractivity contribution in [2.45, 2.75) is 0 Å². The van der Waals surface area contributed by atoms with Gasteiger partial charge in [0.15, 0.2) is 0 Å². The van der Waals surface area contributed by atoms with Crippen molar-refractivity contribution >= 4 is 17.7 Å². The van der Waals surface area contributed by atoms with Gasteiger partial charge in [-0.3, -0.25) is 31.0 Å². The molecule has 1 fully saturated rings. The number of nitrogens with zero attached hydrogens (tertiary/aromatic N) is 7. The number of aliphatic imine (C=N–C) groups is 1. The smallest absolute Gasteiger partial charge is 0.379 e. The minimum Gasteiger partial charge on any atom is -0.379 e. The highest BCUT2D eigenvalue weighted by Gasteiger charge is 2.37. The first-order valence-corrected chi connectivity index (χ1v) is 6.45. The summed E-state index contributed by atoms with van der Waals surface area (Å²) in [6, 6.07) is 0. The molecular weight excluding hydrogens is 314 g/mol. The number of nitro groups is 2. The minimum absolute atomic E-state index is 0.0179. The Balaban J connectivity index is 1.95. The number of morpholine rings is 1. The second kappa shape index (κ2) is 5.93. The van der Waals surface area contributed by atoms with E-state index in [9.17, 15) is 20.2 Å². The van der Waals surface area contributed by atoms with E-state index in [0.717, 1.165) is 10.9 Å². The summed E-state index contributed by atoms with van der Waals surface area (Å²) in [6.07, 6.45) is 1.10. The van der Waals surface area contributed by atoms with Crippen LogP contribution in [0.5, 0.6) is 0 Å². The number of hydrogen-bond donors (Lipinski definition) is 2. The molecule has 0 amide bonds. The van der Waals surface area contributed by atoms with Crippen LogP contribution in [-0.4, -0.2) is 61.9 Å². The Labute approximate surface area is 127 Å². The van der Waals surface area contributed by atoms with Crippen molar-refractivity contribution in [3.05, 3.63) is 32.4 Å². The predicted octanol–water partition coefficient (Wildman–Crippen LogP) is -1.66. The van der Waals surface area contributed by atoms with Gasteiger partial charge in [-0.05, 0) is 0 Å². The van der Waals surface area contributed by atoms with Gasteiger partial charge in [0.2, 0.25) is 5.96 Å². The quantitative estimate of drug-likeness (QED) is 0.485. The van der Waals surface area contributed by atoms with E-state index < -0.39 is 21.5 Å². The molecule has 1 aromatic heterocycles. The number of aromatic nitrogens is 3. The zero-order valence-electron chi connectivity index (χ0n) is 11.6. The first-order valence-electron chi connectivity index (χ1n) is 6.45. The Morgan fingerprint density at radius 1 is 1.30 bits per heavy atom. The first kappa shape index (κ1) is 14.8. The number of ether oxygens (including phenoxy) is 1. The normalized spacial score (nSPS) is 17.7. The molecule has 2 aliphatic heterocycles. The molecule has 0 bridgehead atoms. The fourth-order valence-corrected chi connectivity index (χ4v) is 2.04. The Hall–Kier alpha value is -3.13. The number of hydrazine groups is 1. The summed E-state index contributed by atoms with van der Waals surface area (Å²) >= 11 is 0. The van der Waals surface area contributed by atoms with Crippen molar-refractivity contribution < 1.29 is 14.6 Å². The molecule has 0 aromatic carbocycles. The first-order chi connectivity index (χ1) is 11.1. The molecule has 0 atom stereocenters. The highest BCUT2D eigenvalue weighted by Crippen LogP contribution is 2.20. The standard InChI is InChI=1S/C9H11N9O5/c19-17(20)7(18(21)22)6-11-8(12-9-13-10-5-16(6)9)14-15-1-3-23-4-2-15/h5H,1-4H2,(H2,11,12,13,14). The van der Waals surface area contributed by atoms with Crippen LogP contribution >= 0.6 is 0 Å². The number of fused-ring (bicyclic) bond motifs is 1. The van der Waals surface area contributed by atoms with E-state index in [1.54, 1.807) is 5.01 Å². The molecule has 0 unspecified atom stereocenters. The van der Waals surface area contributed by atoms with Crippen molar-refractivity contribution in [3.63, 3.8) is 0 Å². The number of guanidine groups is 1. The second-order valence-corrected chi connectivity index (χ2v) is 4.48. The zero-order valence-corrected chi connectivity index (χ0v) is 11.6. The van der Waals surface area contributed by atoms with Crippen LogP contribution in [0.1, 0.15) is 0 Å². The lowest BCUT2D eigenvalue weighted by molar-refractivity contribution is -0.615. The third kappa shape index (κ3) is 2.92. The summed E-state index contributed by atoms with van der Waals surface area (Å²) in [5, 5.41) is 33.5. The monoisotopic (exact) mass is 325 g/mol. The van der Waals surface area contributed by atoms with E-state index in [1.165, 1.54) is 0 Å². The lowest BCUT2D eigenvalue weighted by Gasteiger charge is -2.29. The molecule has 0 saturated carbocycles. The number of hydrogen-bond acceptors (Lipinski definition) is 11. The average molecular weight is 325 g/mol. The lowest BCUT2D eigenvalue weighted by atomic mass is 10.5. The molecule has 1 aromatic rings. The predicted molar refractivity (Wildman–Crippen MR) is 73.0 cm³/mol. The van der Waals surface area contributed by atoms with Gasteiger partial charge in [-0.15, -0.1) is 10.2 Å². The van der Waals surface area contributed by atoms with Gasteiger partial charge < -0.3 is 4.74 Å². The molecule has 23 heavy (non-hydrogen) atoms. The van der Waals surface area contributed by atoms with Crippen LogP contribution in [0, 0.1) is 20.2 Å². The Morgan fingerprint density at radius 2 is 2.00 bits per heavy atom. The fraction of sp³-hybridized carbons (Fsp3) is 0.444. The summed E-state index contributed by atoms with van der Waals surface area (Å²) in [4.78, 5) is 23.9. The minimum atomic E-state index is -1.23. The fourth-order valence-electron chi connectivity index (χ4n) is 2.04. The molecular formula is C9H11N9O5. The van der Waals surface area contributed by atoms with Gasteiger partial charge in [0, 0.05) is 13.1 Å². The molecule has 0 radical (unpaired) electrons. The van der Waals surface area contributed by atoms with E-state index in [4.69, 9.17) is 4.74 Å². The van der Waals surface area contributed by atoms with Gasteiger partial charge in [0.25, 0.3) is 11.8 Å². The van der Waals surface area contributed by atoms with Crippen LogP contribution < -0.4 is 10.7 Å². The summed E-state index contributed by atoms with van der Waals surface area (Å²) in [7, 11) is 0.